The molecule has 0 aliphatic rings. The zero-order valence-electron chi connectivity index (χ0n) is 16.0. The van der Waals surface area contributed by atoms with E-state index in [0.717, 1.165) is 17.7 Å². The highest BCUT2D eigenvalue weighted by atomic mass is 32.2. The molecule has 29 heavy (non-hydrogen) atoms. The Bertz CT molecular complexity index is 897. The Morgan fingerprint density at radius 3 is 2.21 bits per heavy atom. The van der Waals surface area contributed by atoms with Crippen molar-refractivity contribution >= 4 is 15.8 Å². The lowest BCUT2D eigenvalue weighted by Gasteiger charge is -2.13. The summed E-state index contributed by atoms with van der Waals surface area (Å²) in [6, 6.07) is 13.9. The van der Waals surface area contributed by atoms with Crippen LogP contribution in [0.1, 0.15) is 23.1 Å². The number of alkyl halides is 3. The minimum atomic E-state index is -4.36. The van der Waals surface area contributed by atoms with Crippen LogP contribution in [0.25, 0.3) is 0 Å². The molecule has 0 saturated heterocycles. The summed E-state index contributed by atoms with van der Waals surface area (Å²) in [6.07, 6.45) is -3.94. The van der Waals surface area contributed by atoms with Gasteiger partial charge in [0.1, 0.15) is 0 Å². The van der Waals surface area contributed by atoms with Crippen molar-refractivity contribution < 1.29 is 21.6 Å². The summed E-state index contributed by atoms with van der Waals surface area (Å²) in [5, 5.41) is 6.00. The third kappa shape index (κ3) is 8.15. The normalized spacial score (nSPS) is 12.6. The maximum absolute atomic E-state index is 12.6. The van der Waals surface area contributed by atoms with Gasteiger partial charge in [0.15, 0.2) is 15.8 Å². The molecule has 2 N–H and O–H groups in total. The second-order valence-corrected chi connectivity index (χ2v) is 8.66. The maximum atomic E-state index is 12.6. The third-order valence-corrected chi connectivity index (χ3v) is 5.80. The second-order valence-electron chi connectivity index (χ2n) is 6.48. The molecule has 158 valence electrons. The van der Waals surface area contributed by atoms with Crippen LogP contribution in [0, 0.1) is 0 Å². The van der Waals surface area contributed by atoms with Gasteiger partial charge in [0.2, 0.25) is 0 Å². The van der Waals surface area contributed by atoms with Crippen molar-refractivity contribution in [3.8, 4) is 0 Å². The monoisotopic (exact) mass is 427 g/mol. The van der Waals surface area contributed by atoms with Gasteiger partial charge >= 0.3 is 6.18 Å². The molecule has 0 unspecified atom stereocenters. The molecule has 0 bridgehead atoms. The van der Waals surface area contributed by atoms with E-state index >= 15 is 0 Å². The molecule has 2 aromatic carbocycles. The van der Waals surface area contributed by atoms with Crippen molar-refractivity contribution in [3.63, 3.8) is 0 Å². The first-order valence-corrected chi connectivity index (χ1v) is 10.9. The van der Waals surface area contributed by atoms with Gasteiger partial charge in [0, 0.05) is 20.1 Å². The molecular formula is C20H24F3N3O2S. The van der Waals surface area contributed by atoms with Gasteiger partial charge in [0.25, 0.3) is 0 Å². The lowest BCUT2D eigenvalue weighted by molar-refractivity contribution is -0.137. The quantitative estimate of drug-likeness (QED) is 0.385. The zero-order chi connectivity index (χ0) is 21.3. The van der Waals surface area contributed by atoms with Crippen LogP contribution in [-0.2, 0) is 28.3 Å². The Kier molecular flexibility index (Phi) is 8.07. The fourth-order valence-corrected chi connectivity index (χ4v) is 4.05. The molecule has 9 heteroatoms. The summed E-state index contributed by atoms with van der Waals surface area (Å²) in [6.45, 7) is 0.699. The summed E-state index contributed by atoms with van der Waals surface area (Å²) in [7, 11) is -1.64. The first-order valence-electron chi connectivity index (χ1n) is 9.04. The van der Waals surface area contributed by atoms with Crippen molar-refractivity contribution in [2.45, 2.75) is 24.9 Å². The molecule has 0 aliphatic carbocycles. The van der Waals surface area contributed by atoms with E-state index in [1.165, 1.54) is 12.1 Å². The molecular weight excluding hydrogens is 403 g/mol. The SMILES string of the molecule is CN=C(NCCCS(=O)(=O)Cc1ccccc1)NCc1ccc(C(F)(F)F)cc1. The standard InChI is InChI=1S/C20H24F3N3O2S/c1-24-19(26-14-16-8-10-18(11-9-16)20(21,22)23)25-12-5-13-29(27,28)15-17-6-3-2-4-7-17/h2-4,6-11H,5,12-15H2,1H3,(H2,24,25,26). The third-order valence-electron chi connectivity index (χ3n) is 4.12. The number of aliphatic imine (C=N–C) groups is 1. The Labute approximate surface area is 169 Å². The molecule has 5 nitrogen and oxygen atoms in total. The van der Waals surface area contributed by atoms with E-state index in [9.17, 15) is 21.6 Å². The van der Waals surface area contributed by atoms with Crippen molar-refractivity contribution in [2.75, 3.05) is 19.3 Å². The van der Waals surface area contributed by atoms with Crippen molar-refractivity contribution in [2.24, 2.45) is 4.99 Å². The topological polar surface area (TPSA) is 70.6 Å². The van der Waals surface area contributed by atoms with Gasteiger partial charge in [-0.25, -0.2) is 8.42 Å². The number of rotatable bonds is 8. The van der Waals surface area contributed by atoms with Crippen molar-refractivity contribution in [1.29, 1.82) is 0 Å². The summed E-state index contributed by atoms with van der Waals surface area (Å²) >= 11 is 0. The highest BCUT2D eigenvalue weighted by Crippen LogP contribution is 2.29. The molecule has 0 aliphatic heterocycles. The zero-order valence-corrected chi connectivity index (χ0v) is 16.9. The van der Waals surface area contributed by atoms with Crippen LogP contribution in [0.4, 0.5) is 13.2 Å². The average Bonchev–Trinajstić information content (AvgIpc) is 2.67. The Hall–Kier alpha value is -2.55. The van der Waals surface area contributed by atoms with E-state index in [1.54, 1.807) is 31.3 Å². The first-order chi connectivity index (χ1) is 13.7. The number of hydrogen-bond donors (Lipinski definition) is 2. The van der Waals surface area contributed by atoms with E-state index in [-0.39, 0.29) is 11.5 Å². The van der Waals surface area contributed by atoms with E-state index in [4.69, 9.17) is 0 Å². The molecule has 2 rings (SSSR count). The number of nitrogens with zero attached hydrogens (tertiary/aromatic N) is 1. The van der Waals surface area contributed by atoms with Gasteiger partial charge in [-0.3, -0.25) is 4.99 Å². The van der Waals surface area contributed by atoms with Gasteiger partial charge in [0.05, 0.1) is 17.1 Å². The van der Waals surface area contributed by atoms with E-state index in [1.807, 2.05) is 6.07 Å². The Morgan fingerprint density at radius 1 is 0.966 bits per heavy atom. The lowest BCUT2D eigenvalue weighted by atomic mass is 10.1. The fraction of sp³-hybridized carbons (Fsp3) is 0.350. The van der Waals surface area contributed by atoms with Gasteiger partial charge in [-0.15, -0.1) is 0 Å². The van der Waals surface area contributed by atoms with Crippen molar-refractivity contribution in [3.05, 3.63) is 71.3 Å². The number of nitrogens with one attached hydrogen (secondary N) is 2. The minimum Gasteiger partial charge on any atom is -0.356 e. The van der Waals surface area contributed by atoms with Crippen molar-refractivity contribution in [1.82, 2.24) is 10.6 Å². The van der Waals surface area contributed by atoms with Crippen LogP contribution in [0.3, 0.4) is 0 Å². The summed E-state index contributed by atoms with van der Waals surface area (Å²) in [5.41, 5.74) is 0.737. The molecule has 0 amide bonds. The van der Waals surface area contributed by atoms with Gasteiger partial charge < -0.3 is 10.6 Å². The summed E-state index contributed by atoms with van der Waals surface area (Å²) in [4.78, 5) is 4.03. The predicted octanol–water partition coefficient (Wildman–Crippen LogP) is 3.38. The number of halogens is 3. The van der Waals surface area contributed by atoms with Crippen LogP contribution in [0.2, 0.25) is 0 Å². The van der Waals surface area contributed by atoms with Crippen LogP contribution >= 0.6 is 0 Å². The summed E-state index contributed by atoms with van der Waals surface area (Å²) in [5.74, 6) is 0.504. The van der Waals surface area contributed by atoms with Gasteiger partial charge in [-0.2, -0.15) is 13.2 Å². The molecule has 0 radical (unpaired) electrons. The molecule has 0 atom stereocenters. The Morgan fingerprint density at radius 2 is 1.62 bits per heavy atom. The minimum absolute atomic E-state index is 0.00867. The molecule has 0 heterocycles. The van der Waals surface area contributed by atoms with Crippen LogP contribution < -0.4 is 10.6 Å². The number of benzene rings is 2. The van der Waals surface area contributed by atoms with Crippen LogP contribution in [0.5, 0.6) is 0 Å². The Balaban J connectivity index is 1.73. The van der Waals surface area contributed by atoms with E-state index in [0.29, 0.717) is 31.0 Å². The largest absolute Gasteiger partial charge is 0.416 e. The highest BCUT2D eigenvalue weighted by molar-refractivity contribution is 7.90. The summed E-state index contributed by atoms with van der Waals surface area (Å²) < 4.78 is 62.1. The molecule has 0 saturated carbocycles. The first kappa shape index (κ1) is 22.7. The smallest absolute Gasteiger partial charge is 0.356 e. The number of guanidine groups is 1. The number of hydrogen-bond acceptors (Lipinski definition) is 3. The molecule has 0 aromatic heterocycles. The second kappa shape index (κ2) is 10.3. The molecule has 0 fully saturated rings. The number of sulfone groups is 1. The van der Waals surface area contributed by atoms with Gasteiger partial charge in [-0.1, -0.05) is 42.5 Å². The average molecular weight is 427 g/mol. The van der Waals surface area contributed by atoms with Gasteiger partial charge in [-0.05, 0) is 29.7 Å². The van der Waals surface area contributed by atoms with E-state index in [2.05, 4.69) is 15.6 Å². The molecule has 2 aromatic rings. The van der Waals surface area contributed by atoms with E-state index < -0.39 is 21.6 Å². The maximum Gasteiger partial charge on any atom is 0.416 e. The molecule has 0 spiro atoms. The highest BCUT2D eigenvalue weighted by Gasteiger charge is 2.29. The van der Waals surface area contributed by atoms with Crippen LogP contribution in [-0.4, -0.2) is 33.7 Å². The predicted molar refractivity (Wildman–Crippen MR) is 108 cm³/mol. The fourth-order valence-electron chi connectivity index (χ4n) is 2.62. The van der Waals surface area contributed by atoms with Crippen LogP contribution in [0.15, 0.2) is 59.6 Å². The lowest BCUT2D eigenvalue weighted by Crippen LogP contribution is -2.37.